The lowest BCUT2D eigenvalue weighted by Crippen LogP contribution is -2.37. The molecule has 0 unspecified atom stereocenters. The normalized spacial score (nSPS) is 10.8. The molecule has 2 rings (SSSR count). The van der Waals surface area contributed by atoms with Crippen LogP contribution in [0.25, 0.3) is 0 Å². The molecule has 0 bridgehead atoms. The van der Waals surface area contributed by atoms with Gasteiger partial charge in [0.15, 0.2) is 5.96 Å². The van der Waals surface area contributed by atoms with Crippen molar-refractivity contribution in [1.82, 2.24) is 10.6 Å². The van der Waals surface area contributed by atoms with Crippen LogP contribution in [0.15, 0.2) is 53.5 Å². The lowest BCUT2D eigenvalue weighted by Gasteiger charge is -2.12. The first kappa shape index (κ1) is 19.3. The number of nitrogens with zero attached hydrogens (tertiary/aromatic N) is 1. The second-order valence-corrected chi connectivity index (χ2v) is 4.82. The summed E-state index contributed by atoms with van der Waals surface area (Å²) >= 11 is 0. The van der Waals surface area contributed by atoms with E-state index in [-0.39, 0.29) is 35.6 Å². The molecule has 0 spiro atoms. The van der Waals surface area contributed by atoms with E-state index in [4.69, 9.17) is 0 Å². The van der Waals surface area contributed by atoms with Crippen molar-refractivity contribution in [2.45, 2.75) is 13.0 Å². The minimum atomic E-state index is -0.254. The maximum absolute atomic E-state index is 13.5. The van der Waals surface area contributed by atoms with Crippen LogP contribution in [0, 0.1) is 11.6 Å². The number of halogens is 3. The fourth-order valence-electron chi connectivity index (χ4n) is 2.03. The Labute approximate surface area is 152 Å². The topological polar surface area (TPSA) is 36.4 Å². The van der Waals surface area contributed by atoms with E-state index < -0.39 is 0 Å². The fraction of sp³-hybridized carbons (Fsp3) is 0.235. The monoisotopic (exact) mass is 431 g/mol. The van der Waals surface area contributed by atoms with Crippen LogP contribution >= 0.6 is 24.0 Å². The highest BCUT2D eigenvalue weighted by Crippen LogP contribution is 2.06. The lowest BCUT2D eigenvalue weighted by atomic mass is 10.1. The van der Waals surface area contributed by atoms with Crippen LogP contribution in [0.2, 0.25) is 0 Å². The van der Waals surface area contributed by atoms with Gasteiger partial charge in [0.25, 0.3) is 0 Å². The molecule has 23 heavy (non-hydrogen) atoms. The average Bonchev–Trinajstić information content (AvgIpc) is 2.54. The molecule has 0 radical (unpaired) electrons. The van der Waals surface area contributed by atoms with Crippen molar-refractivity contribution in [2.24, 2.45) is 4.99 Å². The van der Waals surface area contributed by atoms with E-state index >= 15 is 0 Å². The number of guanidine groups is 1. The first-order valence-electron chi connectivity index (χ1n) is 7.11. The summed E-state index contributed by atoms with van der Waals surface area (Å²) in [5, 5.41) is 6.25. The van der Waals surface area contributed by atoms with Crippen molar-refractivity contribution in [3.8, 4) is 0 Å². The molecule has 3 nitrogen and oxygen atoms in total. The van der Waals surface area contributed by atoms with Crippen molar-refractivity contribution in [1.29, 1.82) is 0 Å². The van der Waals surface area contributed by atoms with Crippen molar-refractivity contribution < 1.29 is 8.78 Å². The van der Waals surface area contributed by atoms with Gasteiger partial charge >= 0.3 is 0 Å². The first-order valence-corrected chi connectivity index (χ1v) is 7.11. The molecule has 6 heteroatoms. The lowest BCUT2D eigenvalue weighted by molar-refractivity contribution is 0.606. The van der Waals surface area contributed by atoms with Gasteiger partial charge in [-0.1, -0.05) is 30.3 Å². The summed E-state index contributed by atoms with van der Waals surface area (Å²) in [6.07, 6.45) is 0.573. The molecule has 0 aliphatic carbocycles. The Hall–Kier alpha value is -1.70. The highest BCUT2D eigenvalue weighted by Gasteiger charge is 2.02. The number of rotatable bonds is 5. The van der Waals surface area contributed by atoms with Crippen molar-refractivity contribution in [3.63, 3.8) is 0 Å². The largest absolute Gasteiger partial charge is 0.356 e. The van der Waals surface area contributed by atoms with Crippen LogP contribution < -0.4 is 10.6 Å². The van der Waals surface area contributed by atoms with Gasteiger partial charge in [-0.2, -0.15) is 0 Å². The molecule has 0 saturated heterocycles. The third-order valence-corrected chi connectivity index (χ3v) is 3.24. The second-order valence-electron chi connectivity index (χ2n) is 4.82. The van der Waals surface area contributed by atoms with E-state index in [1.165, 1.54) is 18.2 Å². The fourth-order valence-corrected chi connectivity index (χ4v) is 2.03. The number of aliphatic imine (C=N–C) groups is 1. The van der Waals surface area contributed by atoms with Gasteiger partial charge in [-0.25, -0.2) is 8.78 Å². The molecule has 2 aromatic carbocycles. The van der Waals surface area contributed by atoms with Gasteiger partial charge in [0.05, 0.1) is 0 Å². The highest BCUT2D eigenvalue weighted by atomic mass is 127. The van der Waals surface area contributed by atoms with Gasteiger partial charge in [-0.3, -0.25) is 4.99 Å². The van der Waals surface area contributed by atoms with Gasteiger partial charge in [0.1, 0.15) is 11.6 Å². The van der Waals surface area contributed by atoms with Crippen molar-refractivity contribution in [2.75, 3.05) is 13.6 Å². The molecular formula is C17H20F2IN3. The minimum Gasteiger partial charge on any atom is -0.356 e. The summed E-state index contributed by atoms with van der Waals surface area (Å²) in [6, 6.07) is 13.0. The Morgan fingerprint density at radius 2 is 1.70 bits per heavy atom. The summed E-state index contributed by atoms with van der Waals surface area (Å²) in [5.74, 6) is 0.176. The van der Waals surface area contributed by atoms with Gasteiger partial charge < -0.3 is 10.6 Å². The van der Waals surface area contributed by atoms with E-state index in [0.717, 1.165) is 5.56 Å². The maximum Gasteiger partial charge on any atom is 0.191 e. The summed E-state index contributed by atoms with van der Waals surface area (Å²) in [4.78, 5) is 4.10. The SMILES string of the molecule is CN=C(NCCc1ccccc1F)NCc1ccc(F)cc1.I. The van der Waals surface area contributed by atoms with E-state index in [0.29, 0.717) is 31.0 Å². The molecular weight excluding hydrogens is 411 g/mol. The Morgan fingerprint density at radius 1 is 1.00 bits per heavy atom. The van der Waals surface area contributed by atoms with Crippen molar-refractivity contribution >= 4 is 29.9 Å². The Morgan fingerprint density at radius 3 is 2.35 bits per heavy atom. The van der Waals surface area contributed by atoms with Crippen LogP contribution in [0.1, 0.15) is 11.1 Å². The molecule has 0 atom stereocenters. The summed E-state index contributed by atoms with van der Waals surface area (Å²) in [5.41, 5.74) is 1.63. The van der Waals surface area contributed by atoms with E-state index in [2.05, 4.69) is 15.6 Å². The number of benzene rings is 2. The van der Waals surface area contributed by atoms with Crippen LogP contribution in [-0.4, -0.2) is 19.6 Å². The zero-order valence-corrected chi connectivity index (χ0v) is 15.2. The molecule has 0 amide bonds. The smallest absolute Gasteiger partial charge is 0.191 e. The van der Waals surface area contributed by atoms with Crippen LogP contribution in [0.5, 0.6) is 0 Å². The van der Waals surface area contributed by atoms with E-state index in [9.17, 15) is 8.78 Å². The number of nitrogens with one attached hydrogen (secondary N) is 2. The molecule has 0 heterocycles. The predicted molar refractivity (Wildman–Crippen MR) is 100 cm³/mol. The zero-order chi connectivity index (χ0) is 15.8. The summed E-state index contributed by atoms with van der Waals surface area (Å²) in [7, 11) is 1.67. The Kier molecular flexibility index (Phi) is 8.53. The first-order chi connectivity index (χ1) is 10.7. The Balaban J connectivity index is 0.00000264. The van der Waals surface area contributed by atoms with Gasteiger partial charge in [-0.05, 0) is 35.7 Å². The van der Waals surface area contributed by atoms with Crippen LogP contribution in [0.3, 0.4) is 0 Å². The molecule has 0 saturated carbocycles. The minimum absolute atomic E-state index is 0. The Bertz CT molecular complexity index is 630. The average molecular weight is 431 g/mol. The molecule has 2 aromatic rings. The quantitative estimate of drug-likeness (QED) is 0.432. The molecule has 0 aliphatic rings. The maximum atomic E-state index is 13.5. The molecule has 2 N–H and O–H groups in total. The number of hydrogen-bond donors (Lipinski definition) is 2. The highest BCUT2D eigenvalue weighted by molar-refractivity contribution is 14.0. The molecule has 0 aliphatic heterocycles. The molecule has 124 valence electrons. The van der Waals surface area contributed by atoms with Gasteiger partial charge in [-0.15, -0.1) is 24.0 Å². The summed E-state index contributed by atoms with van der Waals surface area (Å²) in [6.45, 7) is 1.11. The molecule has 0 aromatic heterocycles. The van der Waals surface area contributed by atoms with Crippen LogP contribution in [-0.2, 0) is 13.0 Å². The summed E-state index contributed by atoms with van der Waals surface area (Å²) < 4.78 is 26.3. The second kappa shape index (κ2) is 10.1. The van der Waals surface area contributed by atoms with Gasteiger partial charge in [0, 0.05) is 20.1 Å². The third kappa shape index (κ3) is 6.52. The number of hydrogen-bond acceptors (Lipinski definition) is 1. The van der Waals surface area contributed by atoms with Gasteiger partial charge in [0.2, 0.25) is 0 Å². The standard InChI is InChI=1S/C17H19F2N3.HI/c1-20-17(22-12-13-6-8-15(18)9-7-13)21-11-10-14-4-2-3-5-16(14)19;/h2-9H,10-12H2,1H3,(H2,20,21,22);1H. The van der Waals surface area contributed by atoms with Crippen molar-refractivity contribution in [3.05, 3.63) is 71.3 Å². The molecule has 0 fully saturated rings. The predicted octanol–water partition coefficient (Wildman–Crippen LogP) is 3.49. The van der Waals surface area contributed by atoms with E-state index in [1.807, 2.05) is 6.07 Å². The van der Waals surface area contributed by atoms with E-state index in [1.54, 1.807) is 31.3 Å². The zero-order valence-electron chi connectivity index (χ0n) is 12.9. The van der Waals surface area contributed by atoms with Crippen LogP contribution in [0.4, 0.5) is 8.78 Å². The third-order valence-electron chi connectivity index (χ3n) is 3.24.